The normalized spacial score (nSPS) is 15.6. The van der Waals surface area contributed by atoms with E-state index in [2.05, 4.69) is 165 Å². The van der Waals surface area contributed by atoms with E-state index in [0.717, 1.165) is 200 Å². The van der Waals surface area contributed by atoms with Crippen LogP contribution in [0.25, 0.3) is 66.9 Å². The van der Waals surface area contributed by atoms with Gasteiger partial charge in [0.25, 0.3) is 6.47 Å². The Morgan fingerprint density at radius 1 is 0.496 bits per heavy atom. The second kappa shape index (κ2) is 45.6. The van der Waals surface area contributed by atoms with E-state index >= 15 is 0 Å². The molecule has 0 bridgehead atoms. The summed E-state index contributed by atoms with van der Waals surface area (Å²) in [6.07, 6.45) is 20.3. The van der Waals surface area contributed by atoms with Gasteiger partial charge in [-0.05, 0) is 195 Å². The summed E-state index contributed by atoms with van der Waals surface area (Å²) in [6.45, 7) is 35.5. The summed E-state index contributed by atoms with van der Waals surface area (Å²) in [6, 6.07) is 15.7. The SMILES string of the molecule is CCC1(CC)C(=O)N(CCOCCOC)c2cc3c4c([nH]c3cc21)-c1[nH]ncc1CCC4.CCC1(CC)C(=O)N(CCOCCOC)c2cc3c4c([nH]c3cc21)-c1nn(COCC[Si](C)(C)C)cc1CCC4.CCC1(CC)C(=O)Nc2cc3c4c([nH]c3cc21)-c1nn(COCC[Si](C)(C)C)cc1CCC4.COCCOCCCl.O=CO[O-].[Cs+].[Cs+].[H-]. The van der Waals surface area contributed by atoms with Crippen molar-refractivity contribution in [2.45, 2.75) is 219 Å². The molecule has 3 aromatic carbocycles. The number of ether oxygens (including phenoxy) is 8. The zero-order valence-corrected chi connectivity index (χ0v) is 89.1. The first-order valence-electron chi connectivity index (χ1n) is 42.3. The van der Waals surface area contributed by atoms with Crippen LogP contribution >= 0.6 is 11.6 Å². The van der Waals surface area contributed by atoms with Gasteiger partial charge in [-0.25, -0.2) is 9.36 Å². The number of aromatic amines is 4. The molecule has 6 aliphatic rings. The molecule has 0 saturated carbocycles. The van der Waals surface area contributed by atoms with E-state index in [1.54, 1.807) is 21.3 Å². The van der Waals surface area contributed by atoms with Gasteiger partial charge in [0.05, 0.1) is 105 Å². The van der Waals surface area contributed by atoms with Gasteiger partial charge >= 0.3 is 138 Å². The van der Waals surface area contributed by atoms with Crippen LogP contribution in [0.15, 0.2) is 55.0 Å². The molecule has 9 heterocycles. The molecule has 0 unspecified atom stereocenters. The Hall–Kier alpha value is -3.74. The van der Waals surface area contributed by atoms with Crippen LogP contribution in [-0.4, -0.2) is 198 Å². The van der Waals surface area contributed by atoms with Crippen LogP contribution in [0, 0.1) is 0 Å². The summed E-state index contributed by atoms with van der Waals surface area (Å²) in [7, 11) is 2.76. The molecule has 31 heteroatoms. The fourth-order valence-electron chi connectivity index (χ4n) is 17.7. The topological polar surface area (TPSA) is 305 Å². The molecule has 3 aliphatic carbocycles. The zero-order chi connectivity index (χ0) is 83.8. The number of methoxy groups -OCH3 is 3. The maximum Gasteiger partial charge on any atom is 1.00 e. The van der Waals surface area contributed by atoms with Gasteiger partial charge in [0.15, 0.2) is 0 Å². The van der Waals surface area contributed by atoms with E-state index < -0.39 is 32.4 Å². The maximum atomic E-state index is 13.9. The largest absolute Gasteiger partial charge is 1.00 e. The summed E-state index contributed by atoms with van der Waals surface area (Å²) in [5, 5.41) is 32.6. The molecular weight excluding hydrogens is 1810 g/mol. The quantitative estimate of drug-likeness (QED) is 0.00626. The van der Waals surface area contributed by atoms with Crippen LogP contribution < -0.4 is 158 Å². The van der Waals surface area contributed by atoms with E-state index in [-0.39, 0.29) is 163 Å². The number of aryl methyl sites for hydroxylation is 6. The van der Waals surface area contributed by atoms with Gasteiger partial charge < -0.3 is 79.5 Å². The van der Waals surface area contributed by atoms with Gasteiger partial charge in [-0.15, -0.1) is 11.6 Å². The third-order valence-electron chi connectivity index (χ3n) is 24.5. The number of fused-ring (bicyclic) bond motifs is 18. The maximum absolute atomic E-state index is 13.9. The third-order valence-corrected chi connectivity index (χ3v) is 28.0. The van der Waals surface area contributed by atoms with E-state index in [4.69, 9.17) is 69.7 Å². The van der Waals surface area contributed by atoms with Crippen molar-refractivity contribution >= 4 is 102 Å². The number of H-pyrrole nitrogens is 4. The molecule has 119 heavy (non-hydrogen) atoms. The second-order valence-electron chi connectivity index (χ2n) is 33.8. The van der Waals surface area contributed by atoms with E-state index in [1.165, 1.54) is 55.6 Å². The van der Waals surface area contributed by atoms with Crippen molar-refractivity contribution < 1.29 is 206 Å². The Morgan fingerprint density at radius 3 is 1.29 bits per heavy atom. The molecule has 15 rings (SSSR count). The number of benzene rings is 3. The van der Waals surface area contributed by atoms with Crippen molar-refractivity contribution in [1.29, 1.82) is 0 Å². The Bertz CT molecular complexity index is 4860. The van der Waals surface area contributed by atoms with Crippen molar-refractivity contribution in [1.82, 2.24) is 44.7 Å². The molecule has 640 valence electrons. The van der Waals surface area contributed by atoms with Gasteiger partial charge in [-0.3, -0.25) is 24.3 Å². The van der Waals surface area contributed by atoms with E-state index in [0.29, 0.717) is 91.9 Å². The molecular formula is C88H127ClCs2N12O14Si2. The van der Waals surface area contributed by atoms with Gasteiger partial charge in [0.2, 0.25) is 17.7 Å². The standard InChI is InChI=1S/C31H46N4O4Si.C26H36N4O2Si.C25H32N4O3.C5H11ClO2.CH2O3.2Cs.H/c1-7-31(8-2)25-19-26-24(18-27(25)35(30(31)36)12-13-38-15-14-37-3)23-11-9-10-22-20-34(33-28(22)29(23)32-26)21-39-16-17-40(4,5)6;1-6-26(7-2)20-14-21-19(13-22(20)28-25(26)31)18-10-8-9-17-15-30(29-23(17)24(18)27-21)16-32-11-12-33(3,4)5;1-4-25(5-2)19-14-20-18(13-21(19)29(24(25)30)9-10-32-12-11-31-3)17-8-6-7-16-15-26-28-22(16)23(17)27-20;1-7-4-5-8-3-2-6;2-1-4-3;;;/h18-20,32H,7-17,21H2,1-6H3;13-15,27H,6-12,16H2,1-5H3,(H,28,31);13-15,27H,4-12H2,1-3H3,(H,26,28);2-5H2,1H3;1,3H;;;/q;;;;;2*+1;-1/p-1. The van der Waals surface area contributed by atoms with Crippen LogP contribution in [0.5, 0.6) is 0 Å². The second-order valence-corrected chi connectivity index (χ2v) is 45.4. The Balaban J connectivity index is 0.000000208. The van der Waals surface area contributed by atoms with Crippen molar-refractivity contribution in [3.05, 3.63) is 105 Å². The van der Waals surface area contributed by atoms with Gasteiger partial charge in [0.1, 0.15) is 24.8 Å². The van der Waals surface area contributed by atoms with Crippen molar-refractivity contribution in [2.24, 2.45) is 0 Å². The molecule has 0 radical (unpaired) electrons. The predicted octanol–water partition coefficient (Wildman–Crippen LogP) is 9.30. The van der Waals surface area contributed by atoms with Gasteiger partial charge in [-0.1, -0.05) is 80.8 Å². The number of hydrogen-bond donors (Lipinski definition) is 5. The molecule has 0 spiro atoms. The minimum atomic E-state index is -1.12. The van der Waals surface area contributed by atoms with Gasteiger partial charge in [0, 0.05) is 132 Å². The van der Waals surface area contributed by atoms with Crippen LogP contribution in [-0.2, 0) is 130 Å². The van der Waals surface area contributed by atoms with Crippen molar-refractivity contribution in [3.8, 4) is 34.2 Å². The fraction of sp³-hybridized carbons (Fsp3) is 0.580. The minimum Gasteiger partial charge on any atom is -1.00 e. The molecule has 26 nitrogen and oxygen atoms in total. The van der Waals surface area contributed by atoms with Gasteiger partial charge in [-0.2, -0.15) is 15.3 Å². The van der Waals surface area contributed by atoms with Crippen LogP contribution in [0.1, 0.15) is 151 Å². The number of nitrogens with one attached hydrogen (secondary N) is 5. The number of anilines is 3. The summed E-state index contributed by atoms with van der Waals surface area (Å²) >= 11 is 5.31. The number of hydrogen-bond acceptors (Lipinski definition) is 17. The monoisotopic (exact) mass is 1930 g/mol. The minimum absolute atomic E-state index is 0. The Labute approximate surface area is 828 Å². The number of nitrogens with zero attached hydrogens (tertiary/aromatic N) is 7. The summed E-state index contributed by atoms with van der Waals surface area (Å²) in [4.78, 5) is 66.6. The third kappa shape index (κ3) is 22.3. The molecule has 9 aromatic rings. The van der Waals surface area contributed by atoms with E-state index in [9.17, 15) is 14.4 Å². The molecule has 0 saturated heterocycles. The first-order chi connectivity index (χ1) is 56.4. The molecule has 3 amide bonds. The van der Waals surface area contributed by atoms with Crippen molar-refractivity contribution in [2.75, 3.05) is 128 Å². The number of amides is 3. The zero-order valence-electron chi connectivity index (χ0n) is 74.8. The molecule has 6 aromatic heterocycles. The predicted molar refractivity (Wildman–Crippen MR) is 466 cm³/mol. The molecule has 0 atom stereocenters. The number of carbonyl (C=O) groups is 4. The van der Waals surface area contributed by atoms with Crippen molar-refractivity contribution in [3.63, 3.8) is 0 Å². The molecule has 0 fully saturated rings. The molecule has 3 aliphatic heterocycles. The number of aromatic nitrogens is 9. The number of carbonyl (C=O) groups excluding carboxylic acids is 4. The summed E-state index contributed by atoms with van der Waals surface area (Å²) in [5.41, 5.74) is 22.7. The molecule has 5 N–H and O–H groups in total. The van der Waals surface area contributed by atoms with E-state index in [1.807, 2.05) is 25.4 Å². The fourth-order valence-corrected chi connectivity index (χ4v) is 19.3. The smallest absolute Gasteiger partial charge is 1.00 e. The van der Waals surface area contributed by atoms with Crippen LogP contribution in [0.2, 0.25) is 51.4 Å². The summed E-state index contributed by atoms with van der Waals surface area (Å²) in [5.74, 6) is 1.08. The van der Waals surface area contributed by atoms with Crippen LogP contribution in [0.3, 0.4) is 0 Å². The first kappa shape index (κ1) is 99.0. The average molecular weight is 1930 g/mol. The first-order valence-corrected chi connectivity index (χ1v) is 50.2. The Morgan fingerprint density at radius 2 is 0.891 bits per heavy atom. The Kier molecular flexibility index (Phi) is 38.0. The van der Waals surface area contributed by atoms with Crippen LogP contribution in [0.4, 0.5) is 17.1 Å². The summed E-state index contributed by atoms with van der Waals surface area (Å²) < 4.78 is 47.2. The number of alkyl halides is 1. The number of rotatable bonds is 34. The number of halogens is 1. The average Bonchev–Trinajstić information content (AvgIpc) is 1.57.